The normalized spacial score (nSPS) is 11.1. The molecule has 0 unspecified atom stereocenters. The minimum atomic E-state index is 0.241. The Morgan fingerprint density at radius 2 is 0.420 bits per heavy atom. The predicted molar refractivity (Wildman–Crippen MR) is 361 cm³/mol. The molecule has 10 nitrogen and oxygen atoms in total. The monoisotopic (exact) mass is 1260 g/mol. The van der Waals surface area contributed by atoms with Crippen LogP contribution in [0.5, 0.6) is 57.5 Å². The lowest BCUT2D eigenvalue weighted by molar-refractivity contribution is 0.273. The maximum atomic E-state index is 6.66. The molecule has 0 aromatic heterocycles. The van der Waals surface area contributed by atoms with Crippen molar-refractivity contribution in [2.75, 3.05) is 26.4 Å². The van der Waals surface area contributed by atoms with Crippen LogP contribution in [-0.4, -0.2) is 26.4 Å². The van der Waals surface area contributed by atoms with Crippen molar-refractivity contribution in [3.05, 3.63) is 189 Å². The summed E-state index contributed by atoms with van der Waals surface area (Å²) in [6, 6.07) is 43.2. The first-order valence-electron chi connectivity index (χ1n) is 32.6. The SMILES string of the molecule is CCCCCCOc1cc(C)cc(COc2cc(COc3cc(CBr)cc(OCc4cc(OCc5cc(C)cc(OCCCCCC)c5)cc(OCc5cc(OCCCCCC)cc(OCCCCCC)c5)c4)c3)cc(OCc3cc(C)cc(C)c3)c2)c1. The first-order chi connectivity index (χ1) is 42.9. The number of alkyl halides is 1. The molecule has 7 aromatic rings. The van der Waals surface area contributed by atoms with E-state index in [0.29, 0.717) is 92.7 Å². The Kier molecular flexibility index (Phi) is 29.9. The zero-order valence-corrected chi connectivity index (χ0v) is 55.8. The van der Waals surface area contributed by atoms with Crippen LogP contribution in [0, 0.1) is 27.7 Å². The number of hydrogen-bond donors (Lipinski definition) is 0. The van der Waals surface area contributed by atoms with Gasteiger partial charge in [0.1, 0.15) is 97.1 Å². The maximum absolute atomic E-state index is 6.66. The molecule has 0 saturated carbocycles. The van der Waals surface area contributed by atoms with Gasteiger partial charge in [-0.1, -0.05) is 162 Å². The molecule has 11 heteroatoms. The van der Waals surface area contributed by atoms with Gasteiger partial charge in [0.25, 0.3) is 0 Å². The number of hydrogen-bond acceptors (Lipinski definition) is 10. The molecule has 0 spiro atoms. The highest BCUT2D eigenvalue weighted by atomic mass is 79.9. The molecule has 0 bridgehead atoms. The van der Waals surface area contributed by atoms with E-state index in [2.05, 4.69) is 138 Å². The van der Waals surface area contributed by atoms with Gasteiger partial charge in [-0.3, -0.25) is 0 Å². The van der Waals surface area contributed by atoms with Crippen LogP contribution in [0.3, 0.4) is 0 Å². The second-order valence-corrected chi connectivity index (χ2v) is 24.1. The Balaban J connectivity index is 1.09. The summed E-state index contributed by atoms with van der Waals surface area (Å²) in [6.45, 7) is 21.9. The number of aryl methyl sites for hydroxylation is 4. The highest BCUT2D eigenvalue weighted by Crippen LogP contribution is 2.33. The van der Waals surface area contributed by atoms with Gasteiger partial charge < -0.3 is 47.4 Å². The maximum Gasteiger partial charge on any atom is 0.123 e. The summed E-state index contributed by atoms with van der Waals surface area (Å²) in [5.41, 5.74) is 11.5. The summed E-state index contributed by atoms with van der Waals surface area (Å²) in [5.74, 6) is 7.31. The zero-order chi connectivity index (χ0) is 62.1. The minimum Gasteiger partial charge on any atom is -0.494 e. The number of halogens is 1. The second kappa shape index (κ2) is 38.4. The van der Waals surface area contributed by atoms with Crippen molar-refractivity contribution in [1.82, 2.24) is 0 Å². The minimum absolute atomic E-state index is 0.241. The predicted octanol–water partition coefficient (Wildman–Crippen LogP) is 21.1. The zero-order valence-electron chi connectivity index (χ0n) is 54.2. The molecular formula is C77H99BrO10. The van der Waals surface area contributed by atoms with E-state index in [9.17, 15) is 0 Å². The highest BCUT2D eigenvalue weighted by Gasteiger charge is 2.14. The first-order valence-corrected chi connectivity index (χ1v) is 33.7. The van der Waals surface area contributed by atoms with Gasteiger partial charge in [0.05, 0.1) is 26.4 Å². The molecule has 0 aliphatic heterocycles. The molecule has 0 radical (unpaired) electrons. The average Bonchev–Trinajstić information content (AvgIpc) is 3.26. The smallest absolute Gasteiger partial charge is 0.123 e. The second-order valence-electron chi connectivity index (χ2n) is 23.6. The van der Waals surface area contributed by atoms with E-state index in [0.717, 1.165) is 118 Å². The van der Waals surface area contributed by atoms with Crippen LogP contribution in [0.1, 0.15) is 192 Å². The Hall–Kier alpha value is -6.98. The largest absolute Gasteiger partial charge is 0.494 e. The average molecular weight is 1260 g/mol. The van der Waals surface area contributed by atoms with E-state index in [-0.39, 0.29) is 13.2 Å². The fourth-order valence-electron chi connectivity index (χ4n) is 10.5. The van der Waals surface area contributed by atoms with E-state index in [1.807, 2.05) is 60.7 Å². The Bertz CT molecular complexity index is 3120. The fraction of sp³-hybridized carbons (Fsp3) is 0.455. The molecule has 0 fully saturated rings. The van der Waals surface area contributed by atoms with Gasteiger partial charge >= 0.3 is 0 Å². The number of ether oxygens (including phenoxy) is 10. The van der Waals surface area contributed by atoms with Crippen LogP contribution in [0.2, 0.25) is 0 Å². The molecule has 0 aliphatic carbocycles. The molecule has 0 N–H and O–H groups in total. The van der Waals surface area contributed by atoms with Gasteiger partial charge in [-0.15, -0.1) is 0 Å². The van der Waals surface area contributed by atoms with Crippen molar-refractivity contribution in [3.63, 3.8) is 0 Å². The van der Waals surface area contributed by atoms with Crippen LogP contribution in [0.15, 0.2) is 127 Å². The third-order valence-corrected chi connectivity index (χ3v) is 15.6. The van der Waals surface area contributed by atoms with E-state index in [1.165, 1.54) is 68.9 Å². The summed E-state index contributed by atoms with van der Waals surface area (Å²) >= 11 is 3.71. The van der Waals surface area contributed by atoms with E-state index < -0.39 is 0 Å². The fourth-order valence-corrected chi connectivity index (χ4v) is 10.9. The number of unbranched alkanes of at least 4 members (excludes halogenated alkanes) is 12. The summed E-state index contributed by atoms with van der Waals surface area (Å²) in [5, 5.41) is 0.605. The van der Waals surface area contributed by atoms with Crippen LogP contribution in [-0.2, 0) is 45.0 Å². The lowest BCUT2D eigenvalue weighted by atomic mass is 10.1. The van der Waals surface area contributed by atoms with E-state index in [4.69, 9.17) is 47.4 Å². The summed E-state index contributed by atoms with van der Waals surface area (Å²) in [6.07, 6.45) is 18.3. The highest BCUT2D eigenvalue weighted by molar-refractivity contribution is 9.08. The van der Waals surface area contributed by atoms with Crippen molar-refractivity contribution < 1.29 is 47.4 Å². The standard InChI is InChI=1S/C77H99BrO10/c1-9-13-17-21-25-79-68-34-59(7)32-63(38-68)52-84-75-43-66(42-74(48-75)83-51-62-30-57(5)29-58(6)31-62)55-86-72-36-61(50-78)37-73(47-72)87-56-67-44-76(85-53-64-33-60(8)35-69(39-64)80-26-22-18-14-10-2)49-77(45-67)88-54-65-40-70(81-27-23-19-15-11-3)46-71(41-65)82-28-24-20-16-12-4/h29-49H,9-28,50-56H2,1-8H3. The molecule has 7 aromatic carbocycles. The molecule has 0 saturated heterocycles. The Morgan fingerprint density at radius 1 is 0.216 bits per heavy atom. The molecule has 474 valence electrons. The van der Waals surface area contributed by atoms with Gasteiger partial charge in [-0.2, -0.15) is 0 Å². The molecule has 0 amide bonds. The quantitative estimate of drug-likeness (QED) is 0.0272. The van der Waals surface area contributed by atoms with Gasteiger partial charge in [0, 0.05) is 29.6 Å². The van der Waals surface area contributed by atoms with E-state index in [1.54, 1.807) is 0 Å². The van der Waals surface area contributed by atoms with Crippen LogP contribution >= 0.6 is 15.9 Å². The van der Waals surface area contributed by atoms with Crippen LogP contribution in [0.25, 0.3) is 0 Å². The van der Waals surface area contributed by atoms with Gasteiger partial charge in [0.15, 0.2) is 0 Å². The topological polar surface area (TPSA) is 92.3 Å². The molecule has 0 heterocycles. The Labute approximate surface area is 536 Å². The van der Waals surface area contributed by atoms with Gasteiger partial charge in [-0.25, -0.2) is 0 Å². The lowest BCUT2D eigenvalue weighted by Gasteiger charge is -2.16. The van der Waals surface area contributed by atoms with Crippen molar-refractivity contribution in [2.45, 2.75) is 203 Å². The molecular weight excluding hydrogens is 1160 g/mol. The molecule has 88 heavy (non-hydrogen) atoms. The number of rotatable bonds is 43. The van der Waals surface area contributed by atoms with Gasteiger partial charge in [0.2, 0.25) is 0 Å². The number of benzene rings is 7. The molecule has 7 rings (SSSR count). The summed E-state index contributed by atoms with van der Waals surface area (Å²) < 4.78 is 64.6. The van der Waals surface area contributed by atoms with Crippen molar-refractivity contribution >= 4 is 15.9 Å². The van der Waals surface area contributed by atoms with Crippen molar-refractivity contribution in [3.8, 4) is 57.5 Å². The van der Waals surface area contributed by atoms with Crippen LogP contribution < -0.4 is 47.4 Å². The molecule has 0 atom stereocenters. The van der Waals surface area contributed by atoms with E-state index >= 15 is 0 Å². The first kappa shape index (κ1) is 68.5. The third-order valence-electron chi connectivity index (χ3n) is 14.9. The van der Waals surface area contributed by atoms with Crippen LogP contribution in [0.4, 0.5) is 0 Å². The molecule has 0 aliphatic rings. The lowest BCUT2D eigenvalue weighted by Crippen LogP contribution is -2.04. The van der Waals surface area contributed by atoms with Gasteiger partial charge in [-0.05, 0) is 176 Å². The van der Waals surface area contributed by atoms with Crippen molar-refractivity contribution in [2.24, 2.45) is 0 Å². The van der Waals surface area contributed by atoms with Crippen molar-refractivity contribution in [1.29, 1.82) is 0 Å². The third kappa shape index (κ3) is 25.6. The summed E-state index contributed by atoms with van der Waals surface area (Å²) in [4.78, 5) is 0. The Morgan fingerprint density at radius 3 is 0.670 bits per heavy atom. The summed E-state index contributed by atoms with van der Waals surface area (Å²) in [7, 11) is 0.